The summed E-state index contributed by atoms with van der Waals surface area (Å²) in [6.45, 7) is 6.32. The molecule has 7 fully saturated rings. The molecular weight excluding hydrogens is 292 g/mol. The van der Waals surface area contributed by atoms with Crippen molar-refractivity contribution in [2.75, 3.05) is 0 Å². The monoisotopic (exact) mass is 314 g/mol. The van der Waals surface area contributed by atoms with Crippen LogP contribution in [0.15, 0.2) is 12.2 Å². The van der Waals surface area contributed by atoms with Crippen LogP contribution in [-0.4, -0.2) is 22.6 Å². The zero-order chi connectivity index (χ0) is 16.0. The van der Waals surface area contributed by atoms with Gasteiger partial charge in [-0.25, -0.2) is 0 Å². The number of ether oxygens (including phenoxy) is 1. The Balaban J connectivity index is 1.66. The van der Waals surface area contributed by atoms with Crippen molar-refractivity contribution in [1.29, 1.82) is 0 Å². The summed E-state index contributed by atoms with van der Waals surface area (Å²) in [7, 11) is 0. The van der Waals surface area contributed by atoms with Crippen LogP contribution in [0.2, 0.25) is 0 Å². The van der Waals surface area contributed by atoms with Gasteiger partial charge in [-0.15, -0.1) is 0 Å². The molecule has 0 aromatic rings. The quantitative estimate of drug-likeness (QED) is 0.597. The molecule has 1 unspecified atom stereocenters. The van der Waals surface area contributed by atoms with E-state index in [2.05, 4.69) is 6.58 Å². The minimum atomic E-state index is -0.703. The van der Waals surface area contributed by atoms with Gasteiger partial charge in [0.15, 0.2) is 0 Å². The van der Waals surface area contributed by atoms with E-state index < -0.39 is 22.9 Å². The van der Waals surface area contributed by atoms with Gasteiger partial charge in [-0.1, -0.05) is 12.2 Å². The second-order valence-corrected chi connectivity index (χ2v) is 9.30. The lowest BCUT2D eigenvalue weighted by Crippen LogP contribution is -2.52. The Morgan fingerprint density at radius 3 is 2.87 bits per heavy atom. The number of fused-ring (bicyclic) bond motifs is 1. The highest BCUT2D eigenvalue weighted by Crippen LogP contribution is 2.98. The molecule has 0 aromatic carbocycles. The van der Waals surface area contributed by atoms with Gasteiger partial charge in [-0.05, 0) is 57.3 Å². The smallest absolute Gasteiger partial charge is 0.312 e. The van der Waals surface area contributed by atoms with E-state index in [9.17, 15) is 14.7 Å². The highest BCUT2D eigenvalue weighted by molar-refractivity contribution is 5.86. The molecule has 1 aliphatic heterocycles. The molecule has 2 spiro atoms. The fourth-order valence-corrected chi connectivity index (χ4v) is 8.91. The van der Waals surface area contributed by atoms with Gasteiger partial charge in [0, 0.05) is 16.7 Å². The van der Waals surface area contributed by atoms with E-state index in [0.717, 1.165) is 38.5 Å². The van der Waals surface area contributed by atoms with Gasteiger partial charge in [0.25, 0.3) is 0 Å². The highest BCUT2D eigenvalue weighted by Gasteiger charge is 3.00. The van der Waals surface area contributed by atoms with E-state index in [1.807, 2.05) is 6.92 Å². The maximum Gasteiger partial charge on any atom is 0.312 e. The van der Waals surface area contributed by atoms with Gasteiger partial charge in [0.2, 0.25) is 0 Å². The molecule has 7 aliphatic rings. The van der Waals surface area contributed by atoms with Crippen LogP contribution in [0.5, 0.6) is 0 Å². The van der Waals surface area contributed by atoms with Gasteiger partial charge in [-0.3, -0.25) is 9.59 Å². The van der Waals surface area contributed by atoms with E-state index in [-0.39, 0.29) is 22.7 Å². The third-order valence-electron chi connectivity index (χ3n) is 9.21. The van der Waals surface area contributed by atoms with Crippen LogP contribution in [-0.2, 0) is 14.3 Å². The van der Waals surface area contributed by atoms with E-state index in [1.54, 1.807) is 0 Å². The molecule has 6 aliphatic carbocycles. The fraction of sp³-hybridized carbons (Fsp3) is 0.789. The first-order valence-corrected chi connectivity index (χ1v) is 9.02. The summed E-state index contributed by atoms with van der Waals surface area (Å²) in [6.07, 6.45) is 5.73. The molecule has 1 heterocycles. The number of carboxylic acid groups (broad SMARTS) is 1. The van der Waals surface area contributed by atoms with Gasteiger partial charge < -0.3 is 9.84 Å². The SMILES string of the molecule is C=C1C2[C@]34CC[C@@H]1C[C@@]23[C@H](C(=O)O)[C@@H]1[C@]2(C)CCC[C@@]14OC2=O. The largest absolute Gasteiger partial charge is 0.481 e. The first kappa shape index (κ1) is 13.0. The van der Waals surface area contributed by atoms with Crippen LogP contribution in [0.1, 0.15) is 45.4 Å². The minimum absolute atomic E-state index is 0.104. The Morgan fingerprint density at radius 2 is 2.13 bits per heavy atom. The van der Waals surface area contributed by atoms with Crippen LogP contribution in [0.4, 0.5) is 0 Å². The van der Waals surface area contributed by atoms with Crippen LogP contribution >= 0.6 is 0 Å². The molecule has 7 rings (SSSR count). The van der Waals surface area contributed by atoms with Crippen LogP contribution in [0, 0.1) is 39.9 Å². The fourth-order valence-electron chi connectivity index (χ4n) is 8.91. The molecule has 6 saturated carbocycles. The van der Waals surface area contributed by atoms with Crippen molar-refractivity contribution in [3.8, 4) is 0 Å². The lowest BCUT2D eigenvalue weighted by Gasteiger charge is -2.47. The molecule has 1 saturated heterocycles. The number of rotatable bonds is 1. The number of allylic oxidation sites excluding steroid dienone is 1. The second kappa shape index (κ2) is 3.12. The molecule has 1 N–H and O–H groups in total. The summed E-state index contributed by atoms with van der Waals surface area (Å²) in [6, 6.07) is 0. The Kier molecular flexibility index (Phi) is 1.77. The molecule has 0 aromatic heterocycles. The van der Waals surface area contributed by atoms with Crippen LogP contribution < -0.4 is 0 Å². The maximum atomic E-state index is 12.8. The lowest BCUT2D eigenvalue weighted by atomic mass is 9.55. The summed E-state index contributed by atoms with van der Waals surface area (Å²) in [5.74, 6) is -0.596. The van der Waals surface area contributed by atoms with Crippen molar-refractivity contribution in [3.63, 3.8) is 0 Å². The third kappa shape index (κ3) is 0.878. The highest BCUT2D eigenvalue weighted by atomic mass is 16.6. The summed E-state index contributed by atoms with van der Waals surface area (Å²) in [4.78, 5) is 25.1. The predicted octanol–water partition coefficient (Wildman–Crippen LogP) is 2.78. The van der Waals surface area contributed by atoms with Gasteiger partial charge in [0.05, 0.1) is 11.3 Å². The Labute approximate surface area is 135 Å². The molecule has 4 heteroatoms. The molecular formula is C19H22O4. The van der Waals surface area contributed by atoms with E-state index in [4.69, 9.17) is 4.74 Å². The van der Waals surface area contributed by atoms with E-state index >= 15 is 0 Å². The summed E-state index contributed by atoms with van der Waals surface area (Å²) in [5.41, 5.74) is -0.0989. The number of carboxylic acids is 1. The van der Waals surface area contributed by atoms with Crippen molar-refractivity contribution in [2.45, 2.75) is 51.0 Å². The lowest BCUT2D eigenvalue weighted by molar-refractivity contribution is -0.161. The zero-order valence-corrected chi connectivity index (χ0v) is 13.4. The number of hydrogen-bond acceptors (Lipinski definition) is 3. The topological polar surface area (TPSA) is 63.6 Å². The second-order valence-electron chi connectivity index (χ2n) is 9.30. The van der Waals surface area contributed by atoms with E-state index in [1.165, 1.54) is 5.57 Å². The van der Waals surface area contributed by atoms with Crippen molar-refractivity contribution in [1.82, 2.24) is 0 Å². The Bertz CT molecular complexity index is 727. The minimum Gasteiger partial charge on any atom is -0.481 e. The zero-order valence-electron chi connectivity index (χ0n) is 13.4. The number of carbonyl (C=O) groups is 2. The van der Waals surface area contributed by atoms with Gasteiger partial charge in [0.1, 0.15) is 5.60 Å². The van der Waals surface area contributed by atoms with Crippen molar-refractivity contribution in [3.05, 3.63) is 12.2 Å². The van der Waals surface area contributed by atoms with Gasteiger partial charge in [-0.2, -0.15) is 0 Å². The molecule has 0 radical (unpaired) electrons. The molecule has 23 heavy (non-hydrogen) atoms. The van der Waals surface area contributed by atoms with Crippen molar-refractivity contribution in [2.24, 2.45) is 39.9 Å². The summed E-state index contributed by atoms with van der Waals surface area (Å²) >= 11 is 0. The maximum absolute atomic E-state index is 12.8. The van der Waals surface area contributed by atoms with Crippen LogP contribution in [0.3, 0.4) is 0 Å². The summed E-state index contributed by atoms with van der Waals surface area (Å²) < 4.78 is 6.19. The number of aliphatic carboxylic acids is 1. The third-order valence-corrected chi connectivity index (χ3v) is 9.21. The molecule has 0 amide bonds. The average Bonchev–Trinajstić information content (AvgIpc) is 2.89. The Hall–Kier alpha value is -1.32. The van der Waals surface area contributed by atoms with Crippen LogP contribution in [0.25, 0.3) is 0 Å². The Morgan fingerprint density at radius 1 is 1.35 bits per heavy atom. The first-order valence-electron chi connectivity index (χ1n) is 9.02. The first-order chi connectivity index (χ1) is 10.9. The molecule has 8 atom stereocenters. The molecule has 6 bridgehead atoms. The number of esters is 1. The summed E-state index contributed by atoms with van der Waals surface area (Å²) in [5, 5.41) is 10.2. The molecule has 122 valence electrons. The van der Waals surface area contributed by atoms with Crippen molar-refractivity contribution >= 4 is 11.9 Å². The predicted molar refractivity (Wildman–Crippen MR) is 80.2 cm³/mol. The standard InChI is InChI=1S/C19H22O4/c1-9-10-4-7-18-12(9)17(18,8-10)11(14(20)21)13-16(2)5-3-6-19(13,18)23-15(16)22/h10-13H,1,3-8H2,2H3,(H,20,21)/t10-,11+,12?,13-,16+,17-,18-,19-/m1/s1. The van der Waals surface area contributed by atoms with E-state index in [0.29, 0.717) is 11.8 Å². The number of hydrogen-bond donors (Lipinski definition) is 1. The normalized spacial score (nSPS) is 63.5. The average molecular weight is 314 g/mol. The number of carbonyl (C=O) groups excluding carboxylic acids is 1. The van der Waals surface area contributed by atoms with Gasteiger partial charge >= 0.3 is 11.9 Å². The molecule has 4 nitrogen and oxygen atoms in total. The van der Waals surface area contributed by atoms with Crippen molar-refractivity contribution < 1.29 is 19.4 Å².